The van der Waals surface area contributed by atoms with E-state index < -0.39 is 12.1 Å². The minimum absolute atomic E-state index is 0.0730. The van der Waals surface area contributed by atoms with Crippen LogP contribution < -0.4 is 10.2 Å². The number of amides is 2. The zero-order valence-corrected chi connectivity index (χ0v) is 25.0. The van der Waals surface area contributed by atoms with Gasteiger partial charge in [-0.2, -0.15) is 13.2 Å². The fraction of sp³-hybridized carbons (Fsp3) is 0.500. The molecule has 0 aliphatic carbocycles. The number of rotatable bonds is 4. The van der Waals surface area contributed by atoms with Crippen LogP contribution >= 0.6 is 22.9 Å². The number of piperidine rings is 1. The van der Waals surface area contributed by atoms with Gasteiger partial charge in [-0.05, 0) is 56.9 Å². The molecule has 4 heterocycles. The standard InChI is InChI=1S/C26H33ClN6OS.C2HF3O2/c1-18(2)31-12-8-21(9-13-31)30-26(34)33-11-3-10-32(14-15-33)25-24-22(28-17-29-25)16-23(35-24)19-4-6-20(27)7-5-19;3-2(4,5)1(6)7/h4-7,16-18,21H,3,8-15H2,1-2H3,(H,30,34);(H,6,7). The van der Waals surface area contributed by atoms with Gasteiger partial charge in [-0.3, -0.25) is 0 Å². The average molecular weight is 627 g/mol. The minimum Gasteiger partial charge on any atom is -0.475 e. The number of carboxylic acids is 1. The summed E-state index contributed by atoms with van der Waals surface area (Å²) in [5.41, 5.74) is 2.08. The van der Waals surface area contributed by atoms with Crippen molar-refractivity contribution in [3.63, 3.8) is 0 Å². The van der Waals surface area contributed by atoms with Gasteiger partial charge in [0.15, 0.2) is 0 Å². The van der Waals surface area contributed by atoms with E-state index in [4.69, 9.17) is 21.5 Å². The predicted molar refractivity (Wildman–Crippen MR) is 158 cm³/mol. The van der Waals surface area contributed by atoms with E-state index in [0.717, 1.165) is 83.5 Å². The third kappa shape index (κ3) is 8.23. The molecule has 0 atom stereocenters. The Balaban J connectivity index is 0.000000517. The predicted octanol–water partition coefficient (Wildman–Crippen LogP) is 5.74. The van der Waals surface area contributed by atoms with Crippen LogP contribution in [0.5, 0.6) is 0 Å². The van der Waals surface area contributed by atoms with Gasteiger partial charge in [0.25, 0.3) is 0 Å². The number of fused-ring (bicyclic) bond motifs is 1. The summed E-state index contributed by atoms with van der Waals surface area (Å²) in [6.45, 7) is 9.68. The SMILES string of the molecule is CC(C)N1CCC(NC(=O)N2CCCN(c3ncnc4cc(-c5ccc(Cl)cc5)sc34)CC2)CC1.O=C(O)C(F)(F)F. The maximum Gasteiger partial charge on any atom is 0.490 e. The van der Waals surface area contributed by atoms with Crippen LogP contribution in [-0.2, 0) is 4.79 Å². The quantitative estimate of drug-likeness (QED) is 0.381. The Morgan fingerprint density at radius 3 is 2.33 bits per heavy atom. The molecule has 0 radical (unpaired) electrons. The van der Waals surface area contributed by atoms with E-state index in [0.29, 0.717) is 12.6 Å². The summed E-state index contributed by atoms with van der Waals surface area (Å²) in [6, 6.07) is 10.9. The molecular weight excluding hydrogens is 593 g/mol. The molecule has 2 amide bonds. The second-order valence-electron chi connectivity index (χ2n) is 10.5. The number of hydrogen-bond acceptors (Lipinski definition) is 7. The Hall–Kier alpha value is -3.16. The number of benzene rings is 1. The van der Waals surface area contributed by atoms with Crippen molar-refractivity contribution >= 4 is 51.0 Å². The lowest BCUT2D eigenvalue weighted by atomic mass is 10.0. The van der Waals surface area contributed by atoms with Crippen LogP contribution in [0.3, 0.4) is 0 Å². The third-order valence-electron chi connectivity index (χ3n) is 7.33. The van der Waals surface area contributed by atoms with Crippen molar-refractivity contribution in [3.05, 3.63) is 41.7 Å². The lowest BCUT2D eigenvalue weighted by molar-refractivity contribution is -0.192. The highest BCUT2D eigenvalue weighted by Gasteiger charge is 2.38. The normalized spacial score (nSPS) is 17.1. The van der Waals surface area contributed by atoms with Crippen LogP contribution in [0.1, 0.15) is 33.1 Å². The monoisotopic (exact) mass is 626 g/mol. The van der Waals surface area contributed by atoms with Crippen molar-refractivity contribution in [2.45, 2.75) is 51.4 Å². The first-order chi connectivity index (χ1) is 19.9. The number of nitrogens with one attached hydrogen (secondary N) is 1. The molecule has 1 aromatic carbocycles. The molecule has 0 unspecified atom stereocenters. The van der Waals surface area contributed by atoms with E-state index in [2.05, 4.69) is 45.0 Å². The van der Waals surface area contributed by atoms with Gasteiger partial charge in [-0.25, -0.2) is 19.6 Å². The minimum atomic E-state index is -5.08. The molecule has 2 aliphatic rings. The number of likely N-dealkylation sites (tertiary alicyclic amines) is 1. The first kappa shape index (κ1) is 31.8. The molecule has 2 saturated heterocycles. The summed E-state index contributed by atoms with van der Waals surface area (Å²) in [7, 11) is 0. The molecule has 5 rings (SSSR count). The molecule has 2 aromatic heterocycles. The second kappa shape index (κ2) is 13.9. The Bertz CT molecular complexity index is 1360. The summed E-state index contributed by atoms with van der Waals surface area (Å²) in [5, 5.41) is 11.2. The third-order valence-corrected chi connectivity index (χ3v) is 8.76. The number of thiophene rings is 1. The van der Waals surface area contributed by atoms with Crippen LogP contribution in [0.15, 0.2) is 36.7 Å². The molecule has 14 heteroatoms. The van der Waals surface area contributed by atoms with Gasteiger partial charge in [0.05, 0.1) is 10.2 Å². The molecule has 2 aliphatic heterocycles. The lowest BCUT2D eigenvalue weighted by Gasteiger charge is -2.35. The first-order valence-corrected chi connectivity index (χ1v) is 15.0. The Labute approximate surface area is 251 Å². The summed E-state index contributed by atoms with van der Waals surface area (Å²) in [6.07, 6.45) is -0.469. The fourth-order valence-corrected chi connectivity index (χ4v) is 6.24. The molecule has 0 spiro atoms. The molecule has 228 valence electrons. The van der Waals surface area contributed by atoms with Gasteiger partial charge < -0.3 is 25.1 Å². The van der Waals surface area contributed by atoms with Crippen molar-refractivity contribution in [3.8, 4) is 10.4 Å². The smallest absolute Gasteiger partial charge is 0.475 e. The highest BCUT2D eigenvalue weighted by molar-refractivity contribution is 7.22. The van der Waals surface area contributed by atoms with E-state index in [1.165, 1.54) is 0 Å². The topological polar surface area (TPSA) is 102 Å². The van der Waals surface area contributed by atoms with Crippen LogP contribution in [0.25, 0.3) is 20.7 Å². The van der Waals surface area contributed by atoms with Gasteiger partial charge >= 0.3 is 18.2 Å². The van der Waals surface area contributed by atoms with Crippen molar-refractivity contribution in [2.24, 2.45) is 0 Å². The number of alkyl halides is 3. The molecule has 9 nitrogen and oxygen atoms in total. The number of nitrogens with zero attached hydrogens (tertiary/aromatic N) is 5. The van der Waals surface area contributed by atoms with Crippen molar-refractivity contribution in [1.82, 2.24) is 25.1 Å². The Morgan fingerprint density at radius 2 is 1.71 bits per heavy atom. The number of aromatic nitrogens is 2. The van der Waals surface area contributed by atoms with Gasteiger partial charge in [0, 0.05) is 61.3 Å². The van der Waals surface area contributed by atoms with Crippen molar-refractivity contribution < 1.29 is 27.9 Å². The zero-order chi connectivity index (χ0) is 30.4. The summed E-state index contributed by atoms with van der Waals surface area (Å²) >= 11 is 7.77. The van der Waals surface area contributed by atoms with E-state index in [-0.39, 0.29) is 12.1 Å². The van der Waals surface area contributed by atoms with Crippen LogP contribution in [0.2, 0.25) is 5.02 Å². The largest absolute Gasteiger partial charge is 0.490 e. The molecule has 2 N–H and O–H groups in total. The maximum atomic E-state index is 13.0. The molecular formula is C28H34ClF3N6O3S. The first-order valence-electron chi connectivity index (χ1n) is 13.8. The van der Waals surface area contributed by atoms with Crippen molar-refractivity contribution in [2.75, 3.05) is 44.2 Å². The van der Waals surface area contributed by atoms with E-state index in [1.54, 1.807) is 17.7 Å². The van der Waals surface area contributed by atoms with Gasteiger partial charge in [0.1, 0.15) is 12.1 Å². The number of halogens is 4. The number of urea groups is 1. The molecule has 3 aromatic rings. The maximum absolute atomic E-state index is 13.0. The summed E-state index contributed by atoms with van der Waals surface area (Å²) in [4.78, 5) is 39.0. The number of anilines is 1. The van der Waals surface area contributed by atoms with Crippen LogP contribution in [-0.4, -0.2) is 94.4 Å². The average Bonchev–Trinajstić information content (AvgIpc) is 3.23. The summed E-state index contributed by atoms with van der Waals surface area (Å²) < 4.78 is 32.8. The molecule has 0 bridgehead atoms. The fourth-order valence-electron chi connectivity index (χ4n) is 4.98. The van der Waals surface area contributed by atoms with Gasteiger partial charge in [-0.15, -0.1) is 11.3 Å². The van der Waals surface area contributed by atoms with E-state index >= 15 is 0 Å². The lowest BCUT2D eigenvalue weighted by Crippen LogP contribution is -2.50. The van der Waals surface area contributed by atoms with Crippen LogP contribution in [0.4, 0.5) is 23.8 Å². The number of carboxylic acid groups (broad SMARTS) is 1. The summed E-state index contributed by atoms with van der Waals surface area (Å²) in [5.74, 6) is -1.80. The van der Waals surface area contributed by atoms with Gasteiger partial charge in [-0.1, -0.05) is 23.7 Å². The van der Waals surface area contributed by atoms with Crippen LogP contribution in [0, 0.1) is 0 Å². The molecule has 42 heavy (non-hydrogen) atoms. The Morgan fingerprint density at radius 1 is 1.05 bits per heavy atom. The zero-order valence-electron chi connectivity index (χ0n) is 23.4. The van der Waals surface area contributed by atoms with Crippen molar-refractivity contribution in [1.29, 1.82) is 0 Å². The van der Waals surface area contributed by atoms with Gasteiger partial charge in [0.2, 0.25) is 0 Å². The number of carbonyl (C=O) groups is 2. The molecule has 2 fully saturated rings. The Kier molecular flexibility index (Phi) is 10.5. The highest BCUT2D eigenvalue weighted by atomic mass is 35.5. The van der Waals surface area contributed by atoms with E-state index in [1.807, 2.05) is 29.2 Å². The highest BCUT2D eigenvalue weighted by Crippen LogP contribution is 2.37. The number of carbonyl (C=O) groups excluding carboxylic acids is 1. The number of aliphatic carboxylic acids is 1. The second-order valence-corrected chi connectivity index (χ2v) is 12.0. The van der Waals surface area contributed by atoms with E-state index in [9.17, 15) is 18.0 Å². The number of hydrogen-bond donors (Lipinski definition) is 2. The molecule has 0 saturated carbocycles.